The highest BCUT2D eigenvalue weighted by Gasteiger charge is 2.18. The van der Waals surface area contributed by atoms with Crippen molar-refractivity contribution in [2.45, 2.75) is 13.8 Å². The number of aromatic nitrogens is 1. The first-order valence-corrected chi connectivity index (χ1v) is 6.93. The second-order valence-corrected chi connectivity index (χ2v) is 5.13. The van der Waals surface area contributed by atoms with E-state index in [9.17, 15) is 14.9 Å². The highest BCUT2D eigenvalue weighted by molar-refractivity contribution is 5.99. The number of nitrogens with zero attached hydrogens (tertiary/aromatic N) is 2. The minimum absolute atomic E-state index is 0.0508. The van der Waals surface area contributed by atoms with Crippen molar-refractivity contribution in [3.63, 3.8) is 0 Å². The van der Waals surface area contributed by atoms with Gasteiger partial charge in [-0.2, -0.15) is 5.26 Å². The van der Waals surface area contributed by atoms with Gasteiger partial charge in [-0.1, -0.05) is 6.07 Å². The monoisotopic (exact) mass is 307 g/mol. The Labute approximate surface area is 131 Å². The number of ketones is 1. The summed E-state index contributed by atoms with van der Waals surface area (Å²) < 4.78 is 7.28. The van der Waals surface area contributed by atoms with Gasteiger partial charge in [-0.05, 0) is 26.0 Å². The average molecular weight is 307 g/mol. The van der Waals surface area contributed by atoms with Gasteiger partial charge in [0.15, 0.2) is 11.2 Å². The molecule has 3 heterocycles. The number of aryl methyl sites for hydroxylation is 1. The van der Waals surface area contributed by atoms with E-state index in [4.69, 9.17) is 4.42 Å². The van der Waals surface area contributed by atoms with Gasteiger partial charge in [0, 0.05) is 18.5 Å². The van der Waals surface area contributed by atoms with E-state index in [1.807, 2.05) is 18.2 Å². The van der Waals surface area contributed by atoms with Crippen molar-refractivity contribution in [2.24, 2.45) is 0 Å². The van der Waals surface area contributed by atoms with Crippen LogP contribution in [0.5, 0.6) is 0 Å². The van der Waals surface area contributed by atoms with Gasteiger partial charge in [-0.25, -0.2) is 0 Å². The fraction of sp³-hybridized carbons (Fsp3) is 0.118. The summed E-state index contributed by atoms with van der Waals surface area (Å²) in [7, 11) is 0. The topological polar surface area (TPSA) is 87.5 Å². The summed E-state index contributed by atoms with van der Waals surface area (Å²) in [5.74, 6) is 0.0307. The van der Waals surface area contributed by atoms with Gasteiger partial charge in [0.25, 0.3) is 0 Å². The molecule has 0 atom stereocenters. The number of carbonyl (C=O) groups excluding carboxylic acids is 1. The molecule has 23 heavy (non-hydrogen) atoms. The van der Waals surface area contributed by atoms with E-state index in [-0.39, 0.29) is 11.4 Å². The fourth-order valence-corrected chi connectivity index (χ4v) is 2.49. The van der Waals surface area contributed by atoms with Crippen molar-refractivity contribution in [1.29, 1.82) is 5.26 Å². The molecule has 0 fully saturated rings. The van der Waals surface area contributed by atoms with Gasteiger partial charge in [-0.15, -0.1) is 0 Å². The lowest BCUT2D eigenvalue weighted by Crippen LogP contribution is -2.15. The Bertz CT molecular complexity index is 1020. The number of hydrogen-bond acceptors (Lipinski definition) is 5. The van der Waals surface area contributed by atoms with Crippen molar-refractivity contribution < 1.29 is 9.21 Å². The first-order chi connectivity index (χ1) is 11.0. The Morgan fingerprint density at radius 1 is 1.39 bits per heavy atom. The molecule has 6 nitrogen and oxygen atoms in total. The summed E-state index contributed by atoms with van der Waals surface area (Å²) in [6.45, 7) is 2.92. The lowest BCUT2D eigenvalue weighted by Gasteiger charge is -2.08. The molecule has 0 radical (unpaired) electrons. The summed E-state index contributed by atoms with van der Waals surface area (Å²) in [6.07, 6.45) is 3.51. The molecule has 114 valence electrons. The first kappa shape index (κ1) is 14.6. The second kappa shape index (κ2) is 5.46. The van der Waals surface area contributed by atoms with Gasteiger partial charge < -0.3 is 14.1 Å². The third-order valence-corrected chi connectivity index (χ3v) is 3.47. The first-order valence-electron chi connectivity index (χ1n) is 6.93. The highest BCUT2D eigenvalue weighted by Crippen LogP contribution is 2.27. The molecule has 3 aromatic heterocycles. The van der Waals surface area contributed by atoms with Crippen LogP contribution in [-0.2, 0) is 0 Å². The maximum absolute atomic E-state index is 12.0. The highest BCUT2D eigenvalue weighted by atomic mass is 16.4. The maximum Gasteiger partial charge on any atom is 0.212 e. The molecule has 0 aliphatic carbocycles. The van der Waals surface area contributed by atoms with Crippen LogP contribution >= 0.6 is 0 Å². The van der Waals surface area contributed by atoms with Gasteiger partial charge >= 0.3 is 0 Å². The SMILES string of the molecule is CC(=O)c1c(Nc2cn3ccccc3c2C#N)oc(C)cc1=O. The molecule has 0 amide bonds. The number of anilines is 2. The summed E-state index contributed by atoms with van der Waals surface area (Å²) in [5, 5.41) is 12.3. The number of carbonyl (C=O) groups is 1. The summed E-state index contributed by atoms with van der Waals surface area (Å²) in [4.78, 5) is 23.8. The summed E-state index contributed by atoms with van der Waals surface area (Å²) in [6, 6.07) is 8.87. The molecule has 0 saturated carbocycles. The number of pyridine rings is 1. The number of nitrogens with one attached hydrogen (secondary N) is 1. The molecule has 0 aromatic carbocycles. The quantitative estimate of drug-likeness (QED) is 0.751. The van der Waals surface area contributed by atoms with Crippen LogP contribution < -0.4 is 10.7 Å². The van der Waals surface area contributed by atoms with Crippen LogP contribution in [0.15, 0.2) is 45.9 Å². The maximum atomic E-state index is 12.0. The molecular weight excluding hydrogens is 294 g/mol. The van der Waals surface area contributed by atoms with E-state index in [2.05, 4.69) is 11.4 Å². The Morgan fingerprint density at radius 3 is 2.87 bits per heavy atom. The van der Waals surface area contributed by atoms with Crippen molar-refractivity contribution in [3.8, 4) is 6.07 Å². The molecule has 0 bridgehead atoms. The largest absolute Gasteiger partial charge is 0.445 e. The number of nitriles is 1. The van der Waals surface area contributed by atoms with E-state index >= 15 is 0 Å². The van der Waals surface area contributed by atoms with Gasteiger partial charge in [0.05, 0.1) is 11.2 Å². The molecule has 3 rings (SSSR count). The predicted molar refractivity (Wildman–Crippen MR) is 85.1 cm³/mol. The van der Waals surface area contributed by atoms with E-state index in [0.29, 0.717) is 17.0 Å². The Hall–Kier alpha value is -3.33. The Balaban J connectivity index is 2.19. The Morgan fingerprint density at radius 2 is 2.17 bits per heavy atom. The van der Waals surface area contributed by atoms with E-state index in [0.717, 1.165) is 5.52 Å². The van der Waals surface area contributed by atoms with Crippen LogP contribution in [0.1, 0.15) is 28.6 Å². The van der Waals surface area contributed by atoms with Crippen LogP contribution in [0.2, 0.25) is 0 Å². The van der Waals surface area contributed by atoms with Crippen LogP contribution in [-0.4, -0.2) is 10.2 Å². The predicted octanol–water partition coefficient (Wildman–Crippen LogP) is 3.02. The average Bonchev–Trinajstić information content (AvgIpc) is 2.82. The number of fused-ring (bicyclic) bond motifs is 1. The van der Waals surface area contributed by atoms with Gasteiger partial charge in [0.2, 0.25) is 5.88 Å². The lowest BCUT2D eigenvalue weighted by atomic mass is 10.1. The molecule has 0 aliphatic rings. The van der Waals surface area contributed by atoms with E-state index in [1.54, 1.807) is 23.7 Å². The van der Waals surface area contributed by atoms with Crippen molar-refractivity contribution in [2.75, 3.05) is 5.32 Å². The third-order valence-electron chi connectivity index (χ3n) is 3.47. The molecule has 3 aromatic rings. The van der Waals surface area contributed by atoms with Crippen LogP contribution in [0.25, 0.3) is 5.52 Å². The molecule has 1 N–H and O–H groups in total. The molecular formula is C17H13N3O3. The van der Waals surface area contributed by atoms with Gasteiger partial charge in [0.1, 0.15) is 23.0 Å². The fourth-order valence-electron chi connectivity index (χ4n) is 2.49. The summed E-state index contributed by atoms with van der Waals surface area (Å²) >= 11 is 0. The number of hydrogen-bond donors (Lipinski definition) is 1. The normalized spacial score (nSPS) is 10.5. The van der Waals surface area contributed by atoms with Crippen LogP contribution in [0, 0.1) is 18.3 Å². The lowest BCUT2D eigenvalue weighted by molar-refractivity contribution is 0.101. The molecule has 0 unspecified atom stereocenters. The zero-order chi connectivity index (χ0) is 16.6. The van der Waals surface area contributed by atoms with Crippen LogP contribution in [0.3, 0.4) is 0 Å². The molecule has 6 heteroatoms. The molecule has 0 saturated heterocycles. The summed E-state index contributed by atoms with van der Waals surface area (Å²) in [5.41, 5.74) is 1.12. The zero-order valence-electron chi connectivity index (χ0n) is 12.6. The third kappa shape index (κ3) is 2.49. The molecule has 0 aliphatic heterocycles. The number of rotatable bonds is 3. The molecule has 0 spiro atoms. The second-order valence-electron chi connectivity index (χ2n) is 5.13. The van der Waals surface area contributed by atoms with Crippen molar-refractivity contribution in [3.05, 3.63) is 63.8 Å². The van der Waals surface area contributed by atoms with Gasteiger partial charge in [-0.3, -0.25) is 9.59 Å². The Kier molecular flexibility index (Phi) is 3.47. The van der Waals surface area contributed by atoms with E-state index in [1.165, 1.54) is 13.0 Å². The van der Waals surface area contributed by atoms with Crippen LogP contribution in [0.4, 0.5) is 11.6 Å². The smallest absolute Gasteiger partial charge is 0.212 e. The standard InChI is InChI=1S/C17H13N3O3/c1-10-7-15(22)16(11(2)21)17(23-10)19-13-9-20-6-4-3-5-14(20)12(13)8-18/h3-7,9,19H,1-2H3. The number of Topliss-reactive ketones (excluding diaryl/α,β-unsaturated/α-hetero) is 1. The van der Waals surface area contributed by atoms with Crippen molar-refractivity contribution >= 4 is 22.9 Å². The minimum atomic E-state index is -0.411. The zero-order valence-corrected chi connectivity index (χ0v) is 12.6. The van der Waals surface area contributed by atoms with Crippen molar-refractivity contribution in [1.82, 2.24) is 4.40 Å². The minimum Gasteiger partial charge on any atom is -0.445 e. The van der Waals surface area contributed by atoms with E-state index < -0.39 is 11.2 Å².